The zero-order valence-corrected chi connectivity index (χ0v) is 16.1. The Morgan fingerprint density at radius 1 is 1.35 bits per heavy atom. The average molecular weight is 379 g/mol. The number of aromatic amines is 1. The van der Waals surface area contributed by atoms with Gasteiger partial charge in [0.1, 0.15) is 11.4 Å². The Labute approximate surface area is 153 Å². The number of sulfonamides is 1. The second-order valence-corrected chi connectivity index (χ2v) is 8.67. The van der Waals surface area contributed by atoms with Gasteiger partial charge in [-0.3, -0.25) is 4.79 Å². The first-order valence-corrected chi connectivity index (χ1v) is 10.6. The maximum Gasteiger partial charge on any atom is 0.270 e. The molecule has 1 amide bonds. The number of methoxy groups -OCH3 is 1. The summed E-state index contributed by atoms with van der Waals surface area (Å²) in [7, 11) is -1.71. The van der Waals surface area contributed by atoms with Gasteiger partial charge in [-0.05, 0) is 36.6 Å². The maximum absolute atomic E-state index is 12.9. The highest BCUT2D eigenvalue weighted by Crippen LogP contribution is 2.26. The van der Waals surface area contributed by atoms with E-state index in [0.29, 0.717) is 18.8 Å². The fourth-order valence-electron chi connectivity index (χ4n) is 3.63. The van der Waals surface area contributed by atoms with E-state index in [0.717, 1.165) is 35.7 Å². The molecule has 1 aromatic heterocycles. The number of hydrogen-bond donors (Lipinski definition) is 2. The molecule has 142 valence electrons. The fourth-order valence-corrected chi connectivity index (χ4v) is 4.45. The fraction of sp³-hybridized carbons (Fsp3) is 0.500. The third kappa shape index (κ3) is 4.02. The number of fused-ring (bicyclic) bond motifs is 1. The highest BCUT2D eigenvalue weighted by molar-refractivity contribution is 7.88. The third-order valence-electron chi connectivity index (χ3n) is 4.81. The van der Waals surface area contributed by atoms with Gasteiger partial charge in [0.2, 0.25) is 10.0 Å². The molecule has 8 heteroatoms. The number of aromatic nitrogens is 1. The van der Waals surface area contributed by atoms with Crippen molar-refractivity contribution in [3.8, 4) is 5.75 Å². The van der Waals surface area contributed by atoms with Gasteiger partial charge in [-0.2, -0.15) is 0 Å². The highest BCUT2D eigenvalue weighted by Gasteiger charge is 2.36. The summed E-state index contributed by atoms with van der Waals surface area (Å²) in [6.07, 6.45) is 2.98. The van der Waals surface area contributed by atoms with Crippen molar-refractivity contribution in [1.29, 1.82) is 0 Å². The molecule has 0 bridgehead atoms. The molecule has 1 aliphatic heterocycles. The minimum absolute atomic E-state index is 0.112. The van der Waals surface area contributed by atoms with Crippen molar-refractivity contribution in [3.05, 3.63) is 30.0 Å². The second-order valence-electron chi connectivity index (χ2n) is 6.89. The van der Waals surface area contributed by atoms with Crippen LogP contribution in [0.15, 0.2) is 24.3 Å². The number of ether oxygens (including phenoxy) is 1. The summed E-state index contributed by atoms with van der Waals surface area (Å²) in [5, 5.41) is 0.905. The monoisotopic (exact) mass is 379 g/mol. The van der Waals surface area contributed by atoms with Crippen LogP contribution in [0, 0.1) is 5.92 Å². The molecule has 2 aromatic rings. The van der Waals surface area contributed by atoms with Crippen LogP contribution in [0.5, 0.6) is 5.75 Å². The Morgan fingerprint density at radius 2 is 2.12 bits per heavy atom. The van der Waals surface area contributed by atoms with E-state index in [9.17, 15) is 13.2 Å². The number of rotatable bonds is 6. The van der Waals surface area contributed by atoms with Crippen molar-refractivity contribution in [1.82, 2.24) is 14.6 Å². The van der Waals surface area contributed by atoms with Crippen molar-refractivity contribution in [2.75, 3.05) is 26.5 Å². The van der Waals surface area contributed by atoms with E-state index in [2.05, 4.69) is 16.6 Å². The van der Waals surface area contributed by atoms with Gasteiger partial charge >= 0.3 is 0 Å². The maximum atomic E-state index is 12.9. The summed E-state index contributed by atoms with van der Waals surface area (Å²) in [5.41, 5.74) is 1.37. The number of likely N-dealkylation sites (tertiary alicyclic amines) is 1. The van der Waals surface area contributed by atoms with Gasteiger partial charge in [0.25, 0.3) is 5.91 Å². The predicted octanol–water partition coefficient (Wildman–Crippen LogP) is 1.97. The molecule has 0 aliphatic carbocycles. The minimum Gasteiger partial charge on any atom is -0.497 e. The van der Waals surface area contributed by atoms with E-state index in [1.54, 1.807) is 12.0 Å². The van der Waals surface area contributed by atoms with Crippen LogP contribution in [0.1, 0.15) is 30.3 Å². The van der Waals surface area contributed by atoms with Crippen LogP contribution >= 0.6 is 0 Å². The lowest BCUT2D eigenvalue weighted by atomic mass is 9.99. The molecule has 2 N–H and O–H groups in total. The summed E-state index contributed by atoms with van der Waals surface area (Å²) in [4.78, 5) is 17.8. The summed E-state index contributed by atoms with van der Waals surface area (Å²) in [6, 6.07) is 7.17. The highest BCUT2D eigenvalue weighted by atomic mass is 32.2. The number of H-pyrrole nitrogens is 1. The largest absolute Gasteiger partial charge is 0.497 e. The number of carbonyl (C=O) groups is 1. The van der Waals surface area contributed by atoms with Crippen LogP contribution in [0.4, 0.5) is 0 Å². The van der Waals surface area contributed by atoms with Gasteiger partial charge in [-0.15, -0.1) is 0 Å². The van der Waals surface area contributed by atoms with Crippen LogP contribution in [-0.4, -0.2) is 56.7 Å². The molecule has 1 saturated heterocycles. The molecule has 3 rings (SSSR count). The molecule has 0 unspecified atom stereocenters. The minimum atomic E-state index is -3.31. The zero-order chi connectivity index (χ0) is 18.9. The molecule has 0 saturated carbocycles. The molecule has 2 atom stereocenters. The average Bonchev–Trinajstić information content (AvgIpc) is 3.16. The van der Waals surface area contributed by atoms with Crippen LogP contribution in [0.3, 0.4) is 0 Å². The molecule has 0 spiro atoms. The van der Waals surface area contributed by atoms with Gasteiger partial charge in [0.15, 0.2) is 0 Å². The lowest BCUT2D eigenvalue weighted by Gasteiger charge is -2.17. The SMILES string of the molecule is CCC[C@@H]1CN(C(=O)c2cc3cc(OC)ccc3[nH]2)C[C@H]1NS(C)(=O)=O. The van der Waals surface area contributed by atoms with Crippen molar-refractivity contribution < 1.29 is 17.9 Å². The van der Waals surface area contributed by atoms with Crippen LogP contribution in [-0.2, 0) is 10.0 Å². The lowest BCUT2D eigenvalue weighted by molar-refractivity contribution is 0.0780. The van der Waals surface area contributed by atoms with Crippen LogP contribution < -0.4 is 9.46 Å². The molecule has 2 heterocycles. The molecule has 26 heavy (non-hydrogen) atoms. The van der Waals surface area contributed by atoms with E-state index in [-0.39, 0.29) is 17.9 Å². The molecular weight excluding hydrogens is 354 g/mol. The van der Waals surface area contributed by atoms with E-state index in [1.807, 2.05) is 24.3 Å². The summed E-state index contributed by atoms with van der Waals surface area (Å²) < 4.78 is 31.2. The zero-order valence-electron chi connectivity index (χ0n) is 15.3. The smallest absolute Gasteiger partial charge is 0.270 e. The normalized spacial score (nSPS) is 20.7. The summed E-state index contributed by atoms with van der Waals surface area (Å²) >= 11 is 0. The molecule has 1 fully saturated rings. The van der Waals surface area contributed by atoms with E-state index < -0.39 is 10.0 Å². The van der Waals surface area contributed by atoms with Gasteiger partial charge < -0.3 is 14.6 Å². The summed E-state index contributed by atoms with van der Waals surface area (Å²) in [6.45, 7) is 3.00. The Hall–Kier alpha value is -2.06. The Morgan fingerprint density at radius 3 is 2.77 bits per heavy atom. The standard InChI is InChI=1S/C18H25N3O4S/c1-4-5-12-10-21(11-17(12)20-26(3,23)24)18(22)16-9-13-8-14(25-2)6-7-15(13)19-16/h6-9,12,17,19-20H,4-5,10-11H2,1-3H3/t12-,17-/m1/s1. The molecule has 1 aromatic carbocycles. The summed E-state index contributed by atoms with van der Waals surface area (Å²) in [5.74, 6) is 0.749. The van der Waals surface area contributed by atoms with Crippen molar-refractivity contribution >= 4 is 26.8 Å². The van der Waals surface area contributed by atoms with Crippen LogP contribution in [0.2, 0.25) is 0 Å². The van der Waals surface area contributed by atoms with Gasteiger partial charge in [0, 0.05) is 30.0 Å². The Balaban J connectivity index is 1.81. The topological polar surface area (TPSA) is 91.5 Å². The first-order chi connectivity index (χ1) is 12.3. The Bertz CT molecular complexity index is 906. The van der Waals surface area contributed by atoms with Crippen LogP contribution in [0.25, 0.3) is 10.9 Å². The molecule has 1 aliphatic rings. The van der Waals surface area contributed by atoms with E-state index >= 15 is 0 Å². The number of nitrogens with zero attached hydrogens (tertiary/aromatic N) is 1. The second kappa shape index (κ2) is 7.28. The van der Waals surface area contributed by atoms with Gasteiger partial charge in [-0.1, -0.05) is 13.3 Å². The predicted molar refractivity (Wildman–Crippen MR) is 101 cm³/mol. The van der Waals surface area contributed by atoms with E-state index in [4.69, 9.17) is 4.74 Å². The first kappa shape index (κ1) is 18.7. The number of carbonyl (C=O) groups excluding carboxylic acids is 1. The number of amides is 1. The number of nitrogens with one attached hydrogen (secondary N) is 2. The van der Waals surface area contributed by atoms with E-state index in [1.165, 1.54) is 0 Å². The lowest BCUT2D eigenvalue weighted by Crippen LogP contribution is -2.40. The van der Waals surface area contributed by atoms with Gasteiger partial charge in [0.05, 0.1) is 13.4 Å². The molecular formula is C18H25N3O4S. The number of hydrogen-bond acceptors (Lipinski definition) is 4. The van der Waals surface area contributed by atoms with Crippen molar-refractivity contribution in [3.63, 3.8) is 0 Å². The Kier molecular flexibility index (Phi) is 5.24. The third-order valence-corrected chi connectivity index (χ3v) is 5.54. The first-order valence-electron chi connectivity index (χ1n) is 8.74. The van der Waals surface area contributed by atoms with Crippen molar-refractivity contribution in [2.45, 2.75) is 25.8 Å². The molecule has 7 nitrogen and oxygen atoms in total. The molecule has 0 radical (unpaired) electrons. The quantitative estimate of drug-likeness (QED) is 0.803. The van der Waals surface area contributed by atoms with Gasteiger partial charge in [-0.25, -0.2) is 13.1 Å². The number of benzene rings is 1. The van der Waals surface area contributed by atoms with Crippen molar-refractivity contribution in [2.24, 2.45) is 5.92 Å².